The number of hydrogen-bond donors (Lipinski definition) is 1. The Balaban J connectivity index is 1.70. The van der Waals surface area contributed by atoms with Gasteiger partial charge in [0.2, 0.25) is 11.8 Å². The first-order valence-corrected chi connectivity index (χ1v) is 15.5. The first kappa shape index (κ1) is 29.8. The van der Waals surface area contributed by atoms with Crippen LogP contribution in [0.5, 0.6) is 0 Å². The van der Waals surface area contributed by atoms with Crippen molar-refractivity contribution in [2.45, 2.75) is 37.6 Å². The van der Waals surface area contributed by atoms with Crippen molar-refractivity contribution >= 4 is 57.7 Å². The van der Waals surface area contributed by atoms with E-state index in [0.29, 0.717) is 47.1 Å². The fraction of sp³-hybridized carbons (Fsp3) is 0.290. The van der Waals surface area contributed by atoms with Gasteiger partial charge in [-0.25, -0.2) is 18.7 Å². The highest BCUT2D eigenvalue weighted by Gasteiger charge is 2.31. The molecule has 1 aromatic carbocycles. The third-order valence-electron chi connectivity index (χ3n) is 7.76. The normalized spacial score (nSPS) is 16.7. The number of fused-ring (bicyclic) bond motifs is 5. The van der Waals surface area contributed by atoms with Gasteiger partial charge in [-0.15, -0.1) is 11.8 Å². The number of thioether (sulfide) groups is 1. The summed E-state index contributed by atoms with van der Waals surface area (Å²) in [6.07, 6.45) is 2.93. The zero-order chi connectivity index (χ0) is 31.3. The van der Waals surface area contributed by atoms with Crippen molar-refractivity contribution in [2.75, 3.05) is 35.6 Å². The summed E-state index contributed by atoms with van der Waals surface area (Å²) >= 11 is 8.09. The summed E-state index contributed by atoms with van der Waals surface area (Å²) in [4.78, 5) is 57.9. The molecule has 226 valence electrons. The third kappa shape index (κ3) is 5.11. The lowest BCUT2D eigenvalue weighted by Crippen LogP contribution is -2.54. The predicted molar refractivity (Wildman–Crippen MR) is 170 cm³/mol. The molecule has 6 rings (SSSR count). The zero-order valence-corrected chi connectivity index (χ0v) is 25.9. The Kier molecular flexibility index (Phi) is 7.89. The summed E-state index contributed by atoms with van der Waals surface area (Å²) in [6.45, 7) is 10.7. The number of aromatic nitrogens is 4. The molecule has 2 aliphatic heterocycles. The highest BCUT2D eigenvalue weighted by Crippen LogP contribution is 2.40. The molecule has 0 aliphatic carbocycles. The molecular formula is C31H29ClFN7O3S. The topological polar surface area (TPSA) is 113 Å². The smallest absolute Gasteiger partial charge is 0.350 e. The number of nitrogens with zero attached hydrogens (tertiary/aromatic N) is 6. The van der Waals surface area contributed by atoms with E-state index < -0.39 is 11.5 Å². The van der Waals surface area contributed by atoms with Crippen molar-refractivity contribution < 1.29 is 14.0 Å². The van der Waals surface area contributed by atoms with E-state index in [-0.39, 0.29) is 57.1 Å². The Labute approximate surface area is 262 Å². The van der Waals surface area contributed by atoms with Gasteiger partial charge >= 0.3 is 5.69 Å². The number of halogens is 2. The van der Waals surface area contributed by atoms with Gasteiger partial charge in [-0.3, -0.25) is 14.6 Å². The van der Waals surface area contributed by atoms with Gasteiger partial charge in [-0.05, 0) is 43.2 Å². The fourth-order valence-corrected chi connectivity index (χ4v) is 6.81. The molecule has 1 atom stereocenters. The summed E-state index contributed by atoms with van der Waals surface area (Å²) in [5.41, 5.74) is 0.959. The average molecular weight is 634 g/mol. The number of carbonyl (C=O) groups is 2. The monoisotopic (exact) mass is 633 g/mol. The highest BCUT2D eigenvalue weighted by molar-refractivity contribution is 8.00. The number of benzene rings is 1. The molecule has 13 heteroatoms. The molecule has 10 nitrogen and oxygen atoms in total. The molecule has 2 amide bonds. The van der Waals surface area contributed by atoms with Crippen molar-refractivity contribution in [1.29, 1.82) is 0 Å². The number of nitrogens with one attached hydrogen (secondary N) is 1. The molecule has 0 spiro atoms. The quantitative estimate of drug-likeness (QED) is 0.313. The van der Waals surface area contributed by atoms with E-state index in [1.165, 1.54) is 34.5 Å². The number of amides is 2. The summed E-state index contributed by atoms with van der Waals surface area (Å²) in [5.74, 6) is -0.915. The predicted octanol–water partition coefficient (Wildman–Crippen LogP) is 5.03. The van der Waals surface area contributed by atoms with Crippen LogP contribution in [0.3, 0.4) is 0 Å². The minimum Gasteiger partial charge on any atom is -0.350 e. The van der Waals surface area contributed by atoms with Crippen molar-refractivity contribution in [1.82, 2.24) is 24.4 Å². The van der Waals surface area contributed by atoms with E-state index in [1.807, 2.05) is 25.7 Å². The largest absolute Gasteiger partial charge is 0.355 e. The fourth-order valence-electron chi connectivity index (χ4n) is 5.72. The number of anilines is 2. The van der Waals surface area contributed by atoms with Crippen LogP contribution < -0.4 is 15.9 Å². The average Bonchev–Trinajstić information content (AvgIpc) is 2.99. The van der Waals surface area contributed by atoms with Crippen LogP contribution >= 0.6 is 23.4 Å². The Morgan fingerprint density at radius 1 is 1.23 bits per heavy atom. The van der Waals surface area contributed by atoms with Gasteiger partial charge in [-0.2, -0.15) is 4.98 Å². The summed E-state index contributed by atoms with van der Waals surface area (Å²) in [7, 11) is 0. The Bertz CT molecular complexity index is 1910. The molecule has 0 radical (unpaired) electrons. The number of piperazine rings is 1. The summed E-state index contributed by atoms with van der Waals surface area (Å²) in [5, 5.41) is 3.39. The molecule has 0 saturated carbocycles. The van der Waals surface area contributed by atoms with Crippen LogP contribution in [0.15, 0.2) is 58.9 Å². The molecule has 1 fully saturated rings. The van der Waals surface area contributed by atoms with E-state index in [1.54, 1.807) is 29.3 Å². The summed E-state index contributed by atoms with van der Waals surface area (Å²) in [6, 6.07) is 7.52. The second-order valence-corrected chi connectivity index (χ2v) is 12.4. The van der Waals surface area contributed by atoms with Crippen molar-refractivity contribution in [3.63, 3.8) is 0 Å². The molecule has 1 N–H and O–H groups in total. The maximum Gasteiger partial charge on any atom is 0.355 e. The van der Waals surface area contributed by atoms with Crippen LogP contribution in [0.4, 0.5) is 15.9 Å². The Morgan fingerprint density at radius 2 is 2.02 bits per heavy atom. The lowest BCUT2D eigenvalue weighted by atomic mass is 10.1. The first-order valence-electron chi connectivity index (χ1n) is 14.1. The van der Waals surface area contributed by atoms with Crippen LogP contribution in [0, 0.1) is 5.82 Å². The summed E-state index contributed by atoms with van der Waals surface area (Å²) < 4.78 is 16.9. The minimum absolute atomic E-state index is 0.00573. The standard InChI is InChI=1S/C31H29ClFN7O3S/c1-5-24(42)38-11-12-39(17(4)14-38)29-18-13-19(32)27-25-20(33)7-6-8-21(25)35-23(41)15-44-22-9-10-34-26(16(2)3)28(22)40(30(18)36-27)31(43)37-29/h5-10,13,16-17H,1,11-12,14-15H2,2-4H3,(H,35,41)/t17-/m0/s1. The molecule has 2 bridgehead atoms. The van der Waals surface area contributed by atoms with Crippen LogP contribution in [-0.4, -0.2) is 67.7 Å². The molecule has 44 heavy (non-hydrogen) atoms. The van der Waals surface area contributed by atoms with Crippen LogP contribution in [0.1, 0.15) is 32.4 Å². The number of rotatable bonds is 3. The molecule has 4 aromatic rings. The van der Waals surface area contributed by atoms with Gasteiger partial charge in [0.1, 0.15) is 11.6 Å². The van der Waals surface area contributed by atoms with Gasteiger partial charge < -0.3 is 15.1 Å². The van der Waals surface area contributed by atoms with E-state index in [4.69, 9.17) is 16.6 Å². The van der Waals surface area contributed by atoms with Crippen LogP contribution in [0.25, 0.3) is 28.0 Å². The van der Waals surface area contributed by atoms with Gasteiger partial charge in [0.05, 0.1) is 44.5 Å². The third-order valence-corrected chi connectivity index (χ3v) is 9.09. The second kappa shape index (κ2) is 11.7. The zero-order valence-electron chi connectivity index (χ0n) is 24.3. The maximum atomic E-state index is 15.5. The van der Waals surface area contributed by atoms with Crippen molar-refractivity contribution in [2.24, 2.45) is 0 Å². The SMILES string of the molecule is C=CC(=O)N1CCN(c2nc(=O)n3c4nc(c(Cl)cc24)-c2c(F)cccc2NC(=O)CSc2ccnc(C(C)C)c2-3)[C@@H](C)C1. The van der Waals surface area contributed by atoms with Gasteiger partial charge in [0.25, 0.3) is 0 Å². The molecule has 0 unspecified atom stereocenters. The van der Waals surface area contributed by atoms with Gasteiger partial charge in [0.15, 0.2) is 5.65 Å². The number of pyridine rings is 2. The number of carbonyl (C=O) groups excluding carboxylic acids is 2. The lowest BCUT2D eigenvalue weighted by molar-refractivity contribution is -0.126. The van der Waals surface area contributed by atoms with E-state index in [2.05, 4.69) is 21.9 Å². The molecular weight excluding hydrogens is 605 g/mol. The molecule has 1 saturated heterocycles. The first-order chi connectivity index (χ1) is 21.1. The highest BCUT2D eigenvalue weighted by atomic mass is 35.5. The van der Waals surface area contributed by atoms with Crippen LogP contribution in [-0.2, 0) is 9.59 Å². The maximum absolute atomic E-state index is 15.5. The molecule has 5 heterocycles. The minimum atomic E-state index is -0.633. The van der Waals surface area contributed by atoms with E-state index in [0.717, 1.165) is 0 Å². The Hall–Kier alpha value is -4.29. The Morgan fingerprint density at radius 3 is 2.75 bits per heavy atom. The van der Waals surface area contributed by atoms with E-state index >= 15 is 4.39 Å². The van der Waals surface area contributed by atoms with Gasteiger partial charge in [0, 0.05) is 36.8 Å². The number of hydrogen-bond acceptors (Lipinski definition) is 8. The molecule has 3 aromatic heterocycles. The molecule has 2 aliphatic rings. The van der Waals surface area contributed by atoms with E-state index in [9.17, 15) is 14.4 Å². The van der Waals surface area contributed by atoms with Crippen molar-refractivity contribution in [3.05, 3.63) is 76.2 Å². The second-order valence-electron chi connectivity index (χ2n) is 11.0. The van der Waals surface area contributed by atoms with Crippen molar-refractivity contribution in [3.8, 4) is 16.9 Å². The van der Waals surface area contributed by atoms with Gasteiger partial charge in [-0.1, -0.05) is 38.1 Å². The lowest BCUT2D eigenvalue weighted by Gasteiger charge is -2.40. The van der Waals surface area contributed by atoms with Crippen LogP contribution in [0.2, 0.25) is 5.02 Å².